The topological polar surface area (TPSA) is 60.4 Å². The highest BCUT2D eigenvalue weighted by molar-refractivity contribution is 6.33. The molecule has 0 amide bonds. The minimum atomic E-state index is -0.366. The van der Waals surface area contributed by atoms with Gasteiger partial charge >= 0.3 is 0 Å². The van der Waals surface area contributed by atoms with Crippen molar-refractivity contribution in [1.82, 2.24) is 15.0 Å². The van der Waals surface area contributed by atoms with Crippen LogP contribution < -0.4 is 20.0 Å². The molecule has 3 heterocycles. The van der Waals surface area contributed by atoms with E-state index in [0.29, 0.717) is 22.5 Å². The summed E-state index contributed by atoms with van der Waals surface area (Å²) in [5.74, 6) is 2.54. The summed E-state index contributed by atoms with van der Waals surface area (Å²) in [6.45, 7) is 3.19. The number of nitrogens with one attached hydrogen (secondary N) is 1. The molecular formula is C21H23ClFN7. The molecule has 7 nitrogen and oxygen atoms in total. The lowest BCUT2D eigenvalue weighted by Gasteiger charge is -2.35. The average molecular weight is 428 g/mol. The van der Waals surface area contributed by atoms with E-state index in [4.69, 9.17) is 16.6 Å². The Kier molecular flexibility index (Phi) is 5.85. The summed E-state index contributed by atoms with van der Waals surface area (Å²) in [5.41, 5.74) is 0.464. The van der Waals surface area contributed by atoms with E-state index in [1.54, 1.807) is 6.20 Å². The lowest BCUT2D eigenvalue weighted by Crippen LogP contribution is -2.47. The van der Waals surface area contributed by atoms with Gasteiger partial charge in [-0.1, -0.05) is 17.7 Å². The highest BCUT2D eigenvalue weighted by Crippen LogP contribution is 2.28. The molecule has 0 aliphatic carbocycles. The molecule has 1 saturated heterocycles. The fraction of sp³-hybridized carbons (Fsp3) is 0.286. The molecule has 30 heavy (non-hydrogen) atoms. The van der Waals surface area contributed by atoms with Crippen molar-refractivity contribution in [3.63, 3.8) is 0 Å². The molecule has 0 unspecified atom stereocenters. The Labute approximate surface area is 180 Å². The van der Waals surface area contributed by atoms with Crippen molar-refractivity contribution < 1.29 is 4.39 Å². The first-order valence-corrected chi connectivity index (χ1v) is 10.1. The Morgan fingerprint density at radius 1 is 1.00 bits per heavy atom. The SMILES string of the molecule is CN(C)c1cc(Nc2cc(F)ccc2Cl)nc(N2CCN(c3ccccn3)CC2)n1. The van der Waals surface area contributed by atoms with E-state index in [0.717, 1.165) is 37.8 Å². The maximum absolute atomic E-state index is 13.6. The van der Waals surface area contributed by atoms with Crippen LogP contribution in [0.2, 0.25) is 5.02 Å². The number of aromatic nitrogens is 3. The first-order valence-electron chi connectivity index (χ1n) is 9.69. The summed E-state index contributed by atoms with van der Waals surface area (Å²) < 4.78 is 13.6. The molecule has 1 N–H and O–H groups in total. The average Bonchev–Trinajstić information content (AvgIpc) is 2.77. The van der Waals surface area contributed by atoms with Crippen LogP contribution in [0.5, 0.6) is 0 Å². The zero-order chi connectivity index (χ0) is 21.1. The van der Waals surface area contributed by atoms with Crippen LogP contribution in [-0.2, 0) is 0 Å². The Morgan fingerprint density at radius 3 is 2.47 bits per heavy atom. The summed E-state index contributed by atoms with van der Waals surface area (Å²) in [5, 5.41) is 3.55. The largest absolute Gasteiger partial charge is 0.363 e. The highest BCUT2D eigenvalue weighted by Gasteiger charge is 2.21. The lowest BCUT2D eigenvalue weighted by atomic mass is 10.3. The van der Waals surface area contributed by atoms with Gasteiger partial charge in [-0.15, -0.1) is 0 Å². The van der Waals surface area contributed by atoms with Crippen molar-refractivity contribution in [3.8, 4) is 0 Å². The second-order valence-electron chi connectivity index (χ2n) is 7.22. The molecule has 0 bridgehead atoms. The molecule has 1 aliphatic heterocycles. The quantitative estimate of drug-likeness (QED) is 0.664. The molecule has 0 atom stereocenters. The van der Waals surface area contributed by atoms with E-state index >= 15 is 0 Å². The van der Waals surface area contributed by atoms with Gasteiger partial charge in [-0.2, -0.15) is 9.97 Å². The fourth-order valence-electron chi connectivity index (χ4n) is 3.26. The van der Waals surface area contributed by atoms with E-state index in [2.05, 4.69) is 25.1 Å². The Morgan fingerprint density at radius 2 is 1.77 bits per heavy atom. The molecule has 4 rings (SSSR count). The third-order valence-electron chi connectivity index (χ3n) is 4.89. The van der Waals surface area contributed by atoms with E-state index < -0.39 is 0 Å². The number of anilines is 5. The van der Waals surface area contributed by atoms with Crippen LogP contribution in [0.25, 0.3) is 0 Å². The normalized spacial score (nSPS) is 14.0. The number of hydrogen-bond acceptors (Lipinski definition) is 7. The number of rotatable bonds is 5. The summed E-state index contributed by atoms with van der Waals surface area (Å²) in [6.07, 6.45) is 1.81. The van der Waals surface area contributed by atoms with Gasteiger partial charge in [0.05, 0.1) is 10.7 Å². The van der Waals surface area contributed by atoms with E-state index in [9.17, 15) is 4.39 Å². The van der Waals surface area contributed by atoms with Crippen LogP contribution in [0.1, 0.15) is 0 Å². The number of pyridine rings is 1. The molecule has 9 heteroatoms. The molecule has 0 saturated carbocycles. The summed E-state index contributed by atoms with van der Waals surface area (Å²) in [4.78, 5) is 20.1. The van der Waals surface area contributed by atoms with Crippen molar-refractivity contribution >= 4 is 40.7 Å². The van der Waals surface area contributed by atoms with Crippen LogP contribution in [-0.4, -0.2) is 55.2 Å². The van der Waals surface area contributed by atoms with Gasteiger partial charge in [-0.05, 0) is 30.3 Å². The second kappa shape index (κ2) is 8.71. The highest BCUT2D eigenvalue weighted by atomic mass is 35.5. The van der Waals surface area contributed by atoms with Crippen LogP contribution in [0.4, 0.5) is 33.5 Å². The van der Waals surface area contributed by atoms with Crippen LogP contribution >= 0.6 is 11.6 Å². The zero-order valence-corrected chi connectivity index (χ0v) is 17.6. The number of piperazine rings is 1. The van der Waals surface area contributed by atoms with Gasteiger partial charge in [-0.3, -0.25) is 0 Å². The third-order valence-corrected chi connectivity index (χ3v) is 5.22. The van der Waals surface area contributed by atoms with Crippen molar-refractivity contribution in [2.24, 2.45) is 0 Å². The van der Waals surface area contributed by atoms with Crippen molar-refractivity contribution in [3.05, 3.63) is 59.5 Å². The van der Waals surface area contributed by atoms with Gasteiger partial charge in [0.25, 0.3) is 0 Å². The maximum Gasteiger partial charge on any atom is 0.229 e. The van der Waals surface area contributed by atoms with E-state index in [1.807, 2.05) is 43.3 Å². The standard InChI is InChI=1S/C21H23ClFN7/c1-28(2)20-14-18(25-17-13-15(23)6-7-16(17)22)26-21(27-20)30-11-9-29(10-12-30)19-5-3-4-8-24-19/h3-8,13-14H,9-12H2,1-2H3,(H,25,26,27). The lowest BCUT2D eigenvalue weighted by molar-refractivity contribution is 0.628. The van der Waals surface area contributed by atoms with Gasteiger partial charge in [0, 0.05) is 52.5 Å². The monoisotopic (exact) mass is 427 g/mol. The molecule has 0 radical (unpaired) electrons. The fourth-order valence-corrected chi connectivity index (χ4v) is 3.43. The predicted molar refractivity (Wildman–Crippen MR) is 120 cm³/mol. The smallest absolute Gasteiger partial charge is 0.229 e. The molecule has 1 aliphatic rings. The molecule has 1 aromatic carbocycles. The van der Waals surface area contributed by atoms with Crippen molar-refractivity contribution in [2.75, 3.05) is 60.3 Å². The maximum atomic E-state index is 13.6. The molecular weight excluding hydrogens is 405 g/mol. The Balaban J connectivity index is 1.55. The minimum absolute atomic E-state index is 0.366. The molecule has 0 spiro atoms. The number of halogens is 2. The summed E-state index contributed by atoms with van der Waals surface area (Å²) in [7, 11) is 3.84. The molecule has 156 valence electrons. The van der Waals surface area contributed by atoms with Crippen LogP contribution in [0.3, 0.4) is 0 Å². The van der Waals surface area contributed by atoms with E-state index in [1.165, 1.54) is 18.2 Å². The predicted octanol–water partition coefficient (Wildman–Crippen LogP) is 3.80. The van der Waals surface area contributed by atoms with Gasteiger partial charge in [0.2, 0.25) is 5.95 Å². The third kappa shape index (κ3) is 4.54. The Hall–Kier alpha value is -3.13. The van der Waals surface area contributed by atoms with Crippen LogP contribution in [0, 0.1) is 5.82 Å². The molecule has 1 fully saturated rings. The first-order chi connectivity index (χ1) is 14.5. The minimum Gasteiger partial charge on any atom is -0.363 e. The first kappa shape index (κ1) is 20.2. The molecule has 2 aromatic heterocycles. The summed E-state index contributed by atoms with van der Waals surface area (Å²) in [6, 6.07) is 11.9. The summed E-state index contributed by atoms with van der Waals surface area (Å²) >= 11 is 6.21. The number of hydrogen-bond donors (Lipinski definition) is 1. The van der Waals surface area contributed by atoms with Gasteiger partial charge in [0.1, 0.15) is 23.3 Å². The van der Waals surface area contributed by atoms with E-state index in [-0.39, 0.29) is 5.82 Å². The second-order valence-corrected chi connectivity index (χ2v) is 7.62. The number of nitrogens with zero attached hydrogens (tertiary/aromatic N) is 6. The van der Waals surface area contributed by atoms with Crippen molar-refractivity contribution in [1.29, 1.82) is 0 Å². The van der Waals surface area contributed by atoms with Gasteiger partial charge in [-0.25, -0.2) is 9.37 Å². The van der Waals surface area contributed by atoms with Gasteiger partial charge < -0.3 is 20.0 Å². The molecule has 3 aromatic rings. The van der Waals surface area contributed by atoms with Crippen molar-refractivity contribution in [2.45, 2.75) is 0 Å². The zero-order valence-electron chi connectivity index (χ0n) is 16.9. The van der Waals surface area contributed by atoms with Gasteiger partial charge in [0.15, 0.2) is 0 Å². The van der Waals surface area contributed by atoms with Crippen LogP contribution in [0.15, 0.2) is 48.7 Å². The number of benzene rings is 1. The Bertz CT molecular complexity index is 1010.